The second kappa shape index (κ2) is 6.30. The number of nitro groups is 1. The number of nitrogens with one attached hydrogen (secondary N) is 1. The molecule has 2 aromatic carbocycles. The average molecular weight is 270 g/mol. The van der Waals surface area contributed by atoms with Gasteiger partial charge in [0.15, 0.2) is 0 Å². The van der Waals surface area contributed by atoms with Crippen molar-refractivity contribution in [1.29, 1.82) is 0 Å². The van der Waals surface area contributed by atoms with Crippen LogP contribution in [0.2, 0.25) is 0 Å². The molecule has 0 aliphatic heterocycles. The van der Waals surface area contributed by atoms with Gasteiger partial charge in [0.1, 0.15) is 0 Å². The maximum atomic E-state index is 10.6. The number of hydrogen-bond donors (Lipinski definition) is 1. The minimum absolute atomic E-state index is 0.126. The van der Waals surface area contributed by atoms with Crippen LogP contribution >= 0.6 is 0 Å². The number of aryl methyl sites for hydroxylation is 1. The van der Waals surface area contributed by atoms with Gasteiger partial charge in [-0.15, -0.1) is 0 Å². The quantitative estimate of drug-likeness (QED) is 0.665. The van der Waals surface area contributed by atoms with Gasteiger partial charge in [-0.05, 0) is 30.5 Å². The fourth-order valence-corrected chi connectivity index (χ4v) is 2.19. The molecule has 0 aliphatic carbocycles. The van der Waals surface area contributed by atoms with Crippen molar-refractivity contribution in [3.05, 3.63) is 75.3 Å². The highest BCUT2D eigenvalue weighted by Crippen LogP contribution is 2.18. The third kappa shape index (κ3) is 3.42. The van der Waals surface area contributed by atoms with E-state index in [9.17, 15) is 10.1 Å². The Balaban J connectivity index is 1.98. The first kappa shape index (κ1) is 14.2. The lowest BCUT2D eigenvalue weighted by atomic mass is 10.0. The molecule has 2 aromatic rings. The summed E-state index contributed by atoms with van der Waals surface area (Å²) in [7, 11) is 0. The molecule has 0 heterocycles. The minimum Gasteiger partial charge on any atom is -0.306 e. The fraction of sp³-hybridized carbons (Fsp3) is 0.250. The van der Waals surface area contributed by atoms with Crippen LogP contribution in [0, 0.1) is 17.0 Å². The third-order valence-electron chi connectivity index (χ3n) is 3.41. The number of nitro benzene ring substituents is 1. The van der Waals surface area contributed by atoms with Crippen LogP contribution in [0.15, 0.2) is 48.5 Å². The molecule has 1 N–H and O–H groups in total. The van der Waals surface area contributed by atoms with Crippen LogP contribution < -0.4 is 5.32 Å². The van der Waals surface area contributed by atoms with Crippen molar-refractivity contribution in [2.24, 2.45) is 0 Å². The lowest BCUT2D eigenvalue weighted by Gasteiger charge is -2.16. The summed E-state index contributed by atoms with van der Waals surface area (Å²) in [5.41, 5.74) is 3.70. The van der Waals surface area contributed by atoms with Crippen molar-refractivity contribution in [2.75, 3.05) is 0 Å². The van der Waals surface area contributed by atoms with Crippen molar-refractivity contribution < 1.29 is 4.92 Å². The number of hydrogen-bond acceptors (Lipinski definition) is 3. The van der Waals surface area contributed by atoms with E-state index in [0.717, 1.165) is 5.56 Å². The molecule has 0 radical (unpaired) electrons. The lowest BCUT2D eigenvalue weighted by molar-refractivity contribution is -0.384. The smallest absolute Gasteiger partial charge is 0.269 e. The zero-order valence-corrected chi connectivity index (χ0v) is 11.7. The standard InChI is InChI=1S/C16H18N2O2/c1-12-5-3-4-6-16(12)13(2)17-11-14-7-9-15(10-8-14)18(19)20/h3-10,13,17H,11H2,1-2H3. The molecule has 0 aromatic heterocycles. The Morgan fingerprint density at radius 1 is 1.15 bits per heavy atom. The lowest BCUT2D eigenvalue weighted by Crippen LogP contribution is -2.18. The highest BCUT2D eigenvalue weighted by molar-refractivity contribution is 5.33. The van der Waals surface area contributed by atoms with E-state index < -0.39 is 0 Å². The number of non-ortho nitro benzene ring substituents is 1. The fourth-order valence-electron chi connectivity index (χ4n) is 2.19. The number of benzene rings is 2. The Morgan fingerprint density at radius 2 is 1.80 bits per heavy atom. The van der Waals surface area contributed by atoms with E-state index >= 15 is 0 Å². The van der Waals surface area contributed by atoms with Crippen molar-refractivity contribution in [2.45, 2.75) is 26.4 Å². The van der Waals surface area contributed by atoms with E-state index in [1.165, 1.54) is 23.3 Å². The van der Waals surface area contributed by atoms with E-state index in [-0.39, 0.29) is 16.7 Å². The van der Waals surface area contributed by atoms with Gasteiger partial charge in [0, 0.05) is 24.7 Å². The maximum Gasteiger partial charge on any atom is 0.269 e. The summed E-state index contributed by atoms with van der Waals surface area (Å²) in [6.07, 6.45) is 0. The summed E-state index contributed by atoms with van der Waals surface area (Å²) in [5.74, 6) is 0. The van der Waals surface area contributed by atoms with Gasteiger partial charge in [-0.1, -0.05) is 36.4 Å². The van der Waals surface area contributed by atoms with E-state index in [1.807, 2.05) is 12.1 Å². The van der Waals surface area contributed by atoms with E-state index in [0.29, 0.717) is 6.54 Å². The molecule has 0 saturated carbocycles. The van der Waals surface area contributed by atoms with Crippen LogP contribution in [0.3, 0.4) is 0 Å². The third-order valence-corrected chi connectivity index (χ3v) is 3.41. The number of nitrogens with zero attached hydrogens (tertiary/aromatic N) is 1. The molecular weight excluding hydrogens is 252 g/mol. The SMILES string of the molecule is Cc1ccccc1C(C)NCc1ccc([N+](=O)[O-])cc1. The van der Waals surface area contributed by atoms with Crippen molar-refractivity contribution in [3.8, 4) is 0 Å². The molecule has 4 heteroatoms. The first-order valence-electron chi connectivity index (χ1n) is 6.60. The highest BCUT2D eigenvalue weighted by atomic mass is 16.6. The average Bonchev–Trinajstić information content (AvgIpc) is 2.45. The highest BCUT2D eigenvalue weighted by Gasteiger charge is 2.08. The van der Waals surface area contributed by atoms with E-state index in [4.69, 9.17) is 0 Å². The van der Waals surface area contributed by atoms with Crippen molar-refractivity contribution >= 4 is 5.69 Å². The Morgan fingerprint density at radius 3 is 2.40 bits per heavy atom. The largest absolute Gasteiger partial charge is 0.306 e. The van der Waals surface area contributed by atoms with Gasteiger partial charge >= 0.3 is 0 Å². The van der Waals surface area contributed by atoms with Crippen LogP contribution in [0.1, 0.15) is 29.7 Å². The van der Waals surface area contributed by atoms with Crippen LogP contribution in [0.5, 0.6) is 0 Å². The van der Waals surface area contributed by atoms with Crippen LogP contribution in [0.4, 0.5) is 5.69 Å². The predicted octanol–water partition coefficient (Wildman–Crippen LogP) is 3.75. The summed E-state index contributed by atoms with van der Waals surface area (Å²) in [5, 5.41) is 14.0. The second-order valence-electron chi connectivity index (χ2n) is 4.88. The van der Waals surface area contributed by atoms with Crippen LogP contribution in [0.25, 0.3) is 0 Å². The van der Waals surface area contributed by atoms with Crippen LogP contribution in [-0.2, 0) is 6.54 Å². The molecule has 1 atom stereocenters. The Labute approximate surface area is 118 Å². The normalized spacial score (nSPS) is 12.1. The van der Waals surface area contributed by atoms with Gasteiger partial charge in [-0.3, -0.25) is 10.1 Å². The van der Waals surface area contributed by atoms with Crippen molar-refractivity contribution in [3.63, 3.8) is 0 Å². The number of rotatable bonds is 5. The molecule has 0 spiro atoms. The molecule has 104 valence electrons. The summed E-state index contributed by atoms with van der Waals surface area (Å²) >= 11 is 0. The predicted molar refractivity (Wildman–Crippen MR) is 79.5 cm³/mol. The van der Waals surface area contributed by atoms with E-state index in [1.54, 1.807) is 12.1 Å². The summed E-state index contributed by atoms with van der Waals surface area (Å²) in [4.78, 5) is 10.2. The summed E-state index contributed by atoms with van der Waals surface area (Å²) in [6, 6.07) is 15.2. The Bertz CT molecular complexity index is 594. The Kier molecular flexibility index (Phi) is 4.48. The van der Waals surface area contributed by atoms with Gasteiger partial charge in [-0.2, -0.15) is 0 Å². The molecule has 2 rings (SSSR count). The van der Waals surface area contributed by atoms with Gasteiger partial charge in [0.25, 0.3) is 5.69 Å². The molecule has 0 fully saturated rings. The molecule has 0 saturated heterocycles. The Hall–Kier alpha value is -2.20. The first-order valence-corrected chi connectivity index (χ1v) is 6.60. The van der Waals surface area contributed by atoms with Gasteiger partial charge in [0.05, 0.1) is 4.92 Å². The first-order chi connectivity index (χ1) is 9.58. The second-order valence-corrected chi connectivity index (χ2v) is 4.88. The maximum absolute atomic E-state index is 10.6. The molecule has 1 unspecified atom stereocenters. The topological polar surface area (TPSA) is 55.2 Å². The minimum atomic E-state index is -0.382. The zero-order valence-electron chi connectivity index (χ0n) is 11.7. The molecule has 0 amide bonds. The molecular formula is C16H18N2O2. The van der Waals surface area contributed by atoms with Gasteiger partial charge in [-0.25, -0.2) is 0 Å². The zero-order chi connectivity index (χ0) is 14.5. The summed E-state index contributed by atoms with van der Waals surface area (Å²) < 4.78 is 0. The summed E-state index contributed by atoms with van der Waals surface area (Å²) in [6.45, 7) is 4.90. The van der Waals surface area contributed by atoms with Crippen LogP contribution in [-0.4, -0.2) is 4.92 Å². The molecule has 0 bridgehead atoms. The monoisotopic (exact) mass is 270 g/mol. The van der Waals surface area contributed by atoms with E-state index in [2.05, 4.69) is 31.3 Å². The van der Waals surface area contributed by atoms with Crippen molar-refractivity contribution in [1.82, 2.24) is 5.32 Å². The van der Waals surface area contributed by atoms with Gasteiger partial charge in [0.2, 0.25) is 0 Å². The molecule has 4 nitrogen and oxygen atoms in total. The van der Waals surface area contributed by atoms with Gasteiger partial charge < -0.3 is 5.32 Å². The molecule has 20 heavy (non-hydrogen) atoms. The molecule has 0 aliphatic rings.